The predicted molar refractivity (Wildman–Crippen MR) is 34.8 cm³/mol. The van der Waals surface area contributed by atoms with Crippen LogP contribution in [0.5, 0.6) is 0 Å². The van der Waals surface area contributed by atoms with E-state index in [1.54, 1.807) is 6.92 Å². The SMILES string of the molecule is Cc1c(C=O)coc1CO. The van der Waals surface area contributed by atoms with E-state index >= 15 is 0 Å². The number of carbonyl (C=O) groups is 1. The van der Waals surface area contributed by atoms with Gasteiger partial charge in [-0.1, -0.05) is 0 Å². The summed E-state index contributed by atoms with van der Waals surface area (Å²) in [7, 11) is 0. The van der Waals surface area contributed by atoms with Crippen molar-refractivity contribution in [2.75, 3.05) is 0 Å². The van der Waals surface area contributed by atoms with Crippen LogP contribution < -0.4 is 0 Å². The predicted octanol–water partition coefficient (Wildman–Crippen LogP) is 0.893. The molecule has 3 heteroatoms. The van der Waals surface area contributed by atoms with Crippen molar-refractivity contribution in [1.82, 2.24) is 0 Å². The minimum Gasteiger partial charge on any atom is -0.466 e. The molecule has 1 heterocycles. The number of carbonyl (C=O) groups excluding carboxylic acids is 1. The van der Waals surface area contributed by atoms with Crippen molar-refractivity contribution in [3.63, 3.8) is 0 Å². The van der Waals surface area contributed by atoms with Crippen LogP contribution in [0.4, 0.5) is 0 Å². The molecule has 0 aliphatic rings. The largest absolute Gasteiger partial charge is 0.466 e. The summed E-state index contributed by atoms with van der Waals surface area (Å²) in [6.45, 7) is 1.58. The average molecular weight is 140 g/mol. The number of hydrogen-bond acceptors (Lipinski definition) is 3. The van der Waals surface area contributed by atoms with E-state index in [0.29, 0.717) is 17.6 Å². The van der Waals surface area contributed by atoms with Gasteiger partial charge in [-0.05, 0) is 6.92 Å². The zero-order chi connectivity index (χ0) is 7.56. The van der Waals surface area contributed by atoms with Crippen LogP contribution in [0.3, 0.4) is 0 Å². The van der Waals surface area contributed by atoms with Crippen molar-refractivity contribution < 1.29 is 14.3 Å². The Morgan fingerprint density at radius 2 is 2.50 bits per heavy atom. The Hall–Kier alpha value is -1.09. The standard InChI is InChI=1S/C7H8O3/c1-5-6(2-8)4-10-7(5)3-9/h2,4,9H,3H2,1H3. The first kappa shape index (κ1) is 7.02. The fraction of sp³-hybridized carbons (Fsp3) is 0.286. The Labute approximate surface area is 58.3 Å². The minimum absolute atomic E-state index is 0.153. The van der Waals surface area contributed by atoms with E-state index in [4.69, 9.17) is 9.52 Å². The Kier molecular flexibility index (Phi) is 1.87. The third kappa shape index (κ3) is 0.953. The Balaban J connectivity index is 3.08. The van der Waals surface area contributed by atoms with Gasteiger partial charge in [-0.3, -0.25) is 4.79 Å². The molecule has 0 fully saturated rings. The molecule has 0 unspecified atom stereocenters. The van der Waals surface area contributed by atoms with Crippen molar-refractivity contribution in [2.45, 2.75) is 13.5 Å². The van der Waals surface area contributed by atoms with Crippen molar-refractivity contribution in [1.29, 1.82) is 0 Å². The maximum atomic E-state index is 10.2. The molecule has 1 aromatic rings. The van der Waals surface area contributed by atoms with Crippen LogP contribution in [0.2, 0.25) is 0 Å². The van der Waals surface area contributed by atoms with Gasteiger partial charge >= 0.3 is 0 Å². The lowest BCUT2D eigenvalue weighted by molar-refractivity contribution is 0.112. The van der Waals surface area contributed by atoms with E-state index in [0.717, 1.165) is 5.56 Å². The molecule has 1 aromatic heterocycles. The van der Waals surface area contributed by atoms with E-state index in [1.807, 2.05) is 0 Å². The van der Waals surface area contributed by atoms with Crippen LogP contribution in [-0.2, 0) is 6.61 Å². The lowest BCUT2D eigenvalue weighted by Gasteiger charge is -1.88. The molecule has 10 heavy (non-hydrogen) atoms. The number of furan rings is 1. The molecule has 0 aliphatic carbocycles. The summed E-state index contributed by atoms with van der Waals surface area (Å²) >= 11 is 0. The summed E-state index contributed by atoms with van der Waals surface area (Å²) < 4.78 is 4.85. The second-order valence-corrected chi connectivity index (χ2v) is 2.02. The number of aliphatic hydroxyl groups excluding tert-OH is 1. The van der Waals surface area contributed by atoms with Gasteiger partial charge in [-0.15, -0.1) is 0 Å². The van der Waals surface area contributed by atoms with Crippen molar-refractivity contribution in [2.24, 2.45) is 0 Å². The van der Waals surface area contributed by atoms with Crippen molar-refractivity contribution in [3.05, 3.63) is 23.2 Å². The van der Waals surface area contributed by atoms with Crippen LogP contribution in [0.15, 0.2) is 10.7 Å². The zero-order valence-electron chi connectivity index (χ0n) is 5.63. The number of rotatable bonds is 2. The van der Waals surface area contributed by atoms with Gasteiger partial charge in [0.05, 0.1) is 5.56 Å². The second kappa shape index (κ2) is 2.66. The summed E-state index contributed by atoms with van der Waals surface area (Å²) in [6, 6.07) is 0. The third-order valence-electron chi connectivity index (χ3n) is 1.45. The van der Waals surface area contributed by atoms with Gasteiger partial charge in [-0.2, -0.15) is 0 Å². The molecule has 0 bridgehead atoms. The molecular weight excluding hydrogens is 132 g/mol. The zero-order valence-corrected chi connectivity index (χ0v) is 5.63. The second-order valence-electron chi connectivity index (χ2n) is 2.02. The lowest BCUT2D eigenvalue weighted by Crippen LogP contribution is -1.84. The van der Waals surface area contributed by atoms with Gasteiger partial charge in [0, 0.05) is 5.56 Å². The van der Waals surface area contributed by atoms with Gasteiger partial charge < -0.3 is 9.52 Å². The van der Waals surface area contributed by atoms with Crippen LogP contribution in [0, 0.1) is 6.92 Å². The fourth-order valence-corrected chi connectivity index (χ4v) is 0.744. The first-order chi connectivity index (χ1) is 4.79. The molecule has 0 atom stereocenters. The van der Waals surface area contributed by atoms with Gasteiger partial charge in [0.15, 0.2) is 6.29 Å². The van der Waals surface area contributed by atoms with E-state index < -0.39 is 0 Å². The Morgan fingerprint density at radius 3 is 2.80 bits per heavy atom. The summed E-state index contributed by atoms with van der Waals surface area (Å²) in [4.78, 5) is 10.2. The fourth-order valence-electron chi connectivity index (χ4n) is 0.744. The van der Waals surface area contributed by atoms with E-state index in [9.17, 15) is 4.79 Å². The third-order valence-corrected chi connectivity index (χ3v) is 1.45. The van der Waals surface area contributed by atoms with Crippen LogP contribution >= 0.6 is 0 Å². The molecular formula is C7H8O3. The van der Waals surface area contributed by atoms with E-state index in [1.165, 1.54) is 6.26 Å². The minimum atomic E-state index is -0.153. The molecule has 0 aromatic carbocycles. The van der Waals surface area contributed by atoms with Crippen molar-refractivity contribution in [3.8, 4) is 0 Å². The summed E-state index contributed by atoms with van der Waals surface area (Å²) in [5.74, 6) is 0.460. The van der Waals surface area contributed by atoms with Crippen LogP contribution in [0.25, 0.3) is 0 Å². The molecule has 1 N–H and O–H groups in total. The monoisotopic (exact) mass is 140 g/mol. The molecule has 1 rings (SSSR count). The van der Waals surface area contributed by atoms with E-state index in [2.05, 4.69) is 0 Å². The average Bonchev–Trinajstić information content (AvgIpc) is 2.30. The summed E-state index contributed by atoms with van der Waals surface area (Å²) in [5.41, 5.74) is 1.22. The van der Waals surface area contributed by atoms with Gasteiger partial charge in [0.2, 0.25) is 0 Å². The van der Waals surface area contributed by atoms with Crippen LogP contribution in [-0.4, -0.2) is 11.4 Å². The summed E-state index contributed by atoms with van der Waals surface area (Å²) in [5, 5.41) is 8.62. The molecule has 0 saturated heterocycles. The Morgan fingerprint density at radius 1 is 1.80 bits per heavy atom. The van der Waals surface area contributed by atoms with Crippen molar-refractivity contribution >= 4 is 6.29 Å². The highest BCUT2D eigenvalue weighted by atomic mass is 16.4. The molecule has 0 spiro atoms. The van der Waals surface area contributed by atoms with Crippen LogP contribution in [0.1, 0.15) is 21.7 Å². The number of aldehydes is 1. The summed E-state index contributed by atoms with van der Waals surface area (Å²) in [6.07, 6.45) is 2.05. The first-order valence-electron chi connectivity index (χ1n) is 2.92. The van der Waals surface area contributed by atoms with Gasteiger partial charge in [-0.25, -0.2) is 0 Å². The number of hydrogen-bond donors (Lipinski definition) is 1. The van der Waals surface area contributed by atoms with Gasteiger partial charge in [0.25, 0.3) is 0 Å². The molecule has 0 saturated carbocycles. The lowest BCUT2D eigenvalue weighted by atomic mass is 10.2. The molecule has 0 radical (unpaired) electrons. The molecule has 0 amide bonds. The highest BCUT2D eigenvalue weighted by molar-refractivity contribution is 5.76. The topological polar surface area (TPSA) is 50.4 Å². The smallest absolute Gasteiger partial charge is 0.153 e. The normalized spacial score (nSPS) is 9.80. The highest BCUT2D eigenvalue weighted by Crippen LogP contribution is 2.13. The molecule has 0 aliphatic heterocycles. The number of aliphatic hydroxyl groups is 1. The molecule has 3 nitrogen and oxygen atoms in total. The molecule has 54 valence electrons. The van der Waals surface area contributed by atoms with E-state index in [-0.39, 0.29) is 6.61 Å². The highest BCUT2D eigenvalue weighted by Gasteiger charge is 2.05. The van der Waals surface area contributed by atoms with Gasteiger partial charge in [0.1, 0.15) is 18.6 Å². The Bertz CT molecular complexity index is 237. The first-order valence-corrected chi connectivity index (χ1v) is 2.92. The maximum absolute atomic E-state index is 10.2. The maximum Gasteiger partial charge on any atom is 0.153 e. The quantitative estimate of drug-likeness (QED) is 0.620.